The molecule has 60 heavy (non-hydrogen) atoms. The van der Waals surface area contributed by atoms with Crippen molar-refractivity contribution in [2.24, 2.45) is 0 Å². The Morgan fingerprint density at radius 3 is 1.22 bits per heavy atom. The highest BCUT2D eigenvalue weighted by Gasteiger charge is 2.51. The summed E-state index contributed by atoms with van der Waals surface area (Å²) in [7, 11) is -0.399. The molecule has 0 saturated carbocycles. The van der Waals surface area contributed by atoms with Crippen LogP contribution in [0.1, 0.15) is 27.7 Å². The van der Waals surface area contributed by atoms with Crippen LogP contribution in [0.2, 0.25) is 5.02 Å². The second kappa shape index (κ2) is 15.0. The Morgan fingerprint density at radius 1 is 0.367 bits per heavy atom. The van der Waals surface area contributed by atoms with Gasteiger partial charge in [-0.3, -0.25) is 0 Å². The van der Waals surface area contributed by atoms with Gasteiger partial charge in [0.25, 0.3) is 0 Å². The van der Waals surface area contributed by atoms with E-state index in [4.69, 9.17) is 30.4 Å². The van der Waals surface area contributed by atoms with Crippen molar-refractivity contribution < 1.29 is 18.8 Å². The summed E-state index contributed by atoms with van der Waals surface area (Å²) in [4.78, 5) is 0. The van der Waals surface area contributed by atoms with E-state index in [1.807, 2.05) is 72.8 Å². The van der Waals surface area contributed by atoms with E-state index in [0.29, 0.717) is 0 Å². The lowest BCUT2D eigenvalue weighted by atomic mass is 9.77. The van der Waals surface area contributed by atoms with Crippen molar-refractivity contribution >= 4 is 24.2 Å². The first-order valence-corrected chi connectivity index (χ1v) is 20.7. The van der Waals surface area contributed by atoms with Crippen LogP contribution < -0.4 is 14.9 Å². The fraction of sp³-hybridized carbons (Fsp3) is 0.111. The van der Waals surface area contributed by atoms with Crippen molar-refractivity contribution in [2.75, 3.05) is 0 Å². The smallest absolute Gasteiger partial charge is 0.456 e. The fourth-order valence-corrected chi connectivity index (χ4v) is 8.61. The number of rotatable bonds is 3. The minimum absolute atomic E-state index is 0.377. The average molecular weight is 801 g/mol. The summed E-state index contributed by atoms with van der Waals surface area (Å²) in [6, 6.07) is 62.3. The molecule has 1 fully saturated rings. The molecule has 3 aliphatic heterocycles. The van der Waals surface area contributed by atoms with Crippen LogP contribution in [-0.4, -0.2) is 18.3 Å². The standard InChI is InChI=1S/C30H27BO3.C24H15ClO/c1-29(2)30(3,4)34-31(33-29)21-12-9-11-20(19-21)22-15-10-16-24-23-13-5-7-17-26(23)32-27-18-8-6-14-25(27)28(22)24;25-17-8-5-7-16(15-17)18-11-6-12-20-19-9-1-3-13-22(19)26-23-14-4-2-10-21(23)24(18)20/h5-19H,1-4H3;1-15H. The van der Waals surface area contributed by atoms with Crippen LogP contribution in [-0.2, 0) is 9.31 Å². The first kappa shape index (κ1) is 37.9. The molecule has 1 saturated heterocycles. The van der Waals surface area contributed by atoms with Gasteiger partial charge in [-0.2, -0.15) is 0 Å². The molecule has 8 aromatic rings. The predicted octanol–water partition coefficient (Wildman–Crippen LogP) is 14.5. The number of benzene rings is 8. The van der Waals surface area contributed by atoms with Crippen molar-refractivity contribution in [1.29, 1.82) is 0 Å². The molecule has 6 heteroatoms. The topological polar surface area (TPSA) is 36.9 Å². The van der Waals surface area contributed by atoms with E-state index in [-0.39, 0.29) is 11.2 Å². The lowest BCUT2D eigenvalue weighted by molar-refractivity contribution is 0.00578. The van der Waals surface area contributed by atoms with Gasteiger partial charge in [-0.05, 0) is 103 Å². The van der Waals surface area contributed by atoms with Gasteiger partial charge in [-0.1, -0.05) is 157 Å². The van der Waals surface area contributed by atoms with E-state index in [1.54, 1.807) is 0 Å². The predicted molar refractivity (Wildman–Crippen MR) is 246 cm³/mol. The van der Waals surface area contributed by atoms with Gasteiger partial charge in [0.15, 0.2) is 0 Å². The van der Waals surface area contributed by atoms with E-state index in [9.17, 15) is 0 Å². The van der Waals surface area contributed by atoms with E-state index >= 15 is 0 Å². The Balaban J connectivity index is 0.000000149. The Kier molecular flexibility index (Phi) is 9.49. The molecule has 3 aliphatic rings. The lowest BCUT2D eigenvalue weighted by Gasteiger charge is -2.32. The van der Waals surface area contributed by atoms with E-state index in [2.05, 4.69) is 137 Å². The number of halogens is 1. The molecule has 0 unspecified atom stereocenters. The number of hydrogen-bond acceptors (Lipinski definition) is 4. The Labute approximate surface area is 357 Å². The summed E-state index contributed by atoms with van der Waals surface area (Å²) < 4.78 is 25.3. The molecule has 0 bridgehead atoms. The molecular formula is C54H42BClO4. The Bertz CT molecular complexity index is 2920. The maximum atomic E-state index is 6.39. The highest BCUT2D eigenvalue weighted by atomic mass is 35.5. The molecule has 0 radical (unpaired) electrons. The van der Waals surface area contributed by atoms with Crippen molar-refractivity contribution in [1.82, 2.24) is 0 Å². The van der Waals surface area contributed by atoms with Crippen LogP contribution in [0.15, 0.2) is 182 Å². The van der Waals surface area contributed by atoms with Gasteiger partial charge in [0.1, 0.15) is 23.0 Å². The van der Waals surface area contributed by atoms with Crippen molar-refractivity contribution in [3.05, 3.63) is 187 Å². The number of ether oxygens (including phenoxy) is 2. The fourth-order valence-electron chi connectivity index (χ4n) is 8.42. The summed E-state index contributed by atoms with van der Waals surface area (Å²) >= 11 is 6.27. The van der Waals surface area contributed by atoms with Crippen LogP contribution in [0.25, 0.3) is 66.8 Å². The molecule has 0 N–H and O–H groups in total. The molecule has 11 rings (SSSR count). The maximum Gasteiger partial charge on any atom is 0.494 e. The lowest BCUT2D eigenvalue weighted by Crippen LogP contribution is -2.41. The van der Waals surface area contributed by atoms with E-state index in [1.165, 1.54) is 22.3 Å². The molecule has 0 amide bonds. The van der Waals surface area contributed by atoms with Crippen LogP contribution in [0.3, 0.4) is 0 Å². The number of fused-ring (bicyclic) bond motifs is 10. The molecule has 0 aliphatic carbocycles. The van der Waals surface area contributed by atoms with Gasteiger partial charge >= 0.3 is 7.12 Å². The quantitative estimate of drug-likeness (QED) is 0.167. The monoisotopic (exact) mass is 800 g/mol. The molecule has 4 nitrogen and oxygen atoms in total. The minimum atomic E-state index is -0.399. The molecule has 8 aromatic carbocycles. The zero-order chi connectivity index (χ0) is 41.0. The summed E-state index contributed by atoms with van der Waals surface area (Å²) in [5, 5.41) is 0.735. The second-order valence-electron chi connectivity index (χ2n) is 16.4. The third-order valence-electron chi connectivity index (χ3n) is 12.1. The Hall–Kier alpha value is -6.37. The molecular weight excluding hydrogens is 759 g/mol. The van der Waals surface area contributed by atoms with Gasteiger partial charge in [0.2, 0.25) is 0 Å². The van der Waals surface area contributed by atoms with E-state index in [0.717, 1.165) is 78.0 Å². The summed E-state index contributed by atoms with van der Waals surface area (Å²) in [6.45, 7) is 8.34. The third kappa shape index (κ3) is 6.69. The molecule has 3 heterocycles. The molecule has 0 aromatic heterocycles. The molecule has 292 valence electrons. The van der Waals surface area contributed by atoms with Crippen LogP contribution in [0, 0.1) is 0 Å². The summed E-state index contributed by atoms with van der Waals surface area (Å²) in [5.74, 6) is 3.48. The average Bonchev–Trinajstić information content (AvgIpc) is 3.36. The van der Waals surface area contributed by atoms with E-state index < -0.39 is 7.12 Å². The van der Waals surface area contributed by atoms with Crippen molar-refractivity contribution in [2.45, 2.75) is 38.9 Å². The first-order valence-electron chi connectivity index (χ1n) is 20.4. The van der Waals surface area contributed by atoms with Crippen LogP contribution in [0.4, 0.5) is 0 Å². The van der Waals surface area contributed by atoms with Crippen LogP contribution in [0.5, 0.6) is 23.0 Å². The largest absolute Gasteiger partial charge is 0.494 e. The second-order valence-corrected chi connectivity index (χ2v) is 16.8. The summed E-state index contributed by atoms with van der Waals surface area (Å²) in [5.41, 5.74) is 13.9. The molecule has 0 atom stereocenters. The van der Waals surface area contributed by atoms with Gasteiger partial charge in [0, 0.05) is 38.4 Å². The normalized spacial score (nSPS) is 14.8. The third-order valence-corrected chi connectivity index (χ3v) is 12.3. The van der Waals surface area contributed by atoms with Crippen molar-refractivity contribution in [3.8, 4) is 89.8 Å². The highest BCUT2D eigenvalue weighted by Crippen LogP contribution is 2.51. The first-order chi connectivity index (χ1) is 29.1. The number of hydrogen-bond donors (Lipinski definition) is 0. The zero-order valence-electron chi connectivity index (χ0n) is 33.9. The Morgan fingerprint density at radius 2 is 0.733 bits per heavy atom. The summed E-state index contributed by atoms with van der Waals surface area (Å²) in [6.07, 6.45) is 0. The van der Waals surface area contributed by atoms with Gasteiger partial charge < -0.3 is 18.8 Å². The molecule has 0 spiro atoms. The minimum Gasteiger partial charge on any atom is -0.456 e. The zero-order valence-corrected chi connectivity index (χ0v) is 34.7. The van der Waals surface area contributed by atoms with Crippen molar-refractivity contribution in [3.63, 3.8) is 0 Å². The SMILES string of the molecule is CC1(C)OB(c2cccc(-c3cccc4c3-c3ccccc3Oc3ccccc3-4)c2)OC1(C)C.Clc1cccc(-c2cccc3c2-c2ccccc2Oc2ccccc2-3)c1. The maximum absolute atomic E-state index is 6.39. The number of para-hydroxylation sites is 4. The van der Waals surface area contributed by atoms with Crippen LogP contribution >= 0.6 is 11.6 Å². The van der Waals surface area contributed by atoms with Gasteiger partial charge in [-0.15, -0.1) is 0 Å². The highest BCUT2D eigenvalue weighted by molar-refractivity contribution is 6.62. The van der Waals surface area contributed by atoms with Gasteiger partial charge in [-0.25, -0.2) is 0 Å². The van der Waals surface area contributed by atoms with Gasteiger partial charge in [0.05, 0.1) is 11.2 Å².